The summed E-state index contributed by atoms with van der Waals surface area (Å²) >= 11 is 0. The molecule has 0 aromatic heterocycles. The molecule has 14 heavy (non-hydrogen) atoms. The van der Waals surface area contributed by atoms with Gasteiger partial charge in [-0.15, -0.1) is 0 Å². The highest BCUT2D eigenvalue weighted by molar-refractivity contribution is 4.92. The van der Waals surface area contributed by atoms with Gasteiger partial charge in [0, 0.05) is 31.2 Å². The van der Waals surface area contributed by atoms with Crippen LogP contribution in [0, 0.1) is 5.92 Å². The standard InChI is InChI=1S/C12H24N2/c1-9-5-4-6-12(9)14-10(2)7-13-8-11(14)3/h9-13H,4-8H2,1-3H3/t9?,10-,11+,12?. The van der Waals surface area contributed by atoms with E-state index in [1.54, 1.807) is 0 Å². The quantitative estimate of drug-likeness (QED) is 0.688. The van der Waals surface area contributed by atoms with Crippen LogP contribution < -0.4 is 5.32 Å². The highest BCUT2D eigenvalue weighted by atomic mass is 15.3. The Hall–Kier alpha value is -0.0800. The molecule has 0 aromatic carbocycles. The maximum Gasteiger partial charge on any atom is 0.0198 e. The van der Waals surface area contributed by atoms with E-state index in [0.717, 1.165) is 24.0 Å². The van der Waals surface area contributed by atoms with Crippen molar-refractivity contribution < 1.29 is 0 Å². The SMILES string of the molecule is CC1CCCC1N1[C@H](C)CNC[C@@H]1C. The Balaban J connectivity index is 2.05. The molecule has 82 valence electrons. The first-order valence-electron chi connectivity index (χ1n) is 6.18. The summed E-state index contributed by atoms with van der Waals surface area (Å²) in [5, 5.41) is 3.51. The molecule has 2 heteroatoms. The average molecular weight is 196 g/mol. The molecule has 4 atom stereocenters. The molecule has 0 spiro atoms. The van der Waals surface area contributed by atoms with Crippen LogP contribution in [-0.4, -0.2) is 36.1 Å². The summed E-state index contributed by atoms with van der Waals surface area (Å²) in [6, 6.07) is 2.32. The summed E-state index contributed by atoms with van der Waals surface area (Å²) < 4.78 is 0. The van der Waals surface area contributed by atoms with Crippen LogP contribution in [0.25, 0.3) is 0 Å². The molecule has 2 nitrogen and oxygen atoms in total. The molecule has 0 amide bonds. The van der Waals surface area contributed by atoms with Gasteiger partial charge in [0.1, 0.15) is 0 Å². The van der Waals surface area contributed by atoms with E-state index in [1.165, 1.54) is 32.4 Å². The van der Waals surface area contributed by atoms with Crippen molar-refractivity contribution in [3.63, 3.8) is 0 Å². The van der Waals surface area contributed by atoms with Crippen LogP contribution in [0.2, 0.25) is 0 Å². The summed E-state index contributed by atoms with van der Waals surface area (Å²) in [7, 11) is 0. The third kappa shape index (κ3) is 1.82. The molecule has 0 bridgehead atoms. The van der Waals surface area contributed by atoms with E-state index in [2.05, 4.69) is 31.0 Å². The maximum atomic E-state index is 3.51. The largest absolute Gasteiger partial charge is 0.314 e. The molecular weight excluding hydrogens is 172 g/mol. The molecule has 0 aromatic rings. The van der Waals surface area contributed by atoms with Gasteiger partial charge in [-0.2, -0.15) is 0 Å². The van der Waals surface area contributed by atoms with Crippen molar-refractivity contribution in [3.8, 4) is 0 Å². The first-order chi connectivity index (χ1) is 6.70. The summed E-state index contributed by atoms with van der Waals surface area (Å²) in [6.45, 7) is 9.52. The van der Waals surface area contributed by atoms with E-state index >= 15 is 0 Å². The summed E-state index contributed by atoms with van der Waals surface area (Å²) in [5.74, 6) is 0.915. The van der Waals surface area contributed by atoms with Crippen molar-refractivity contribution in [1.82, 2.24) is 10.2 Å². The Morgan fingerprint density at radius 2 is 1.64 bits per heavy atom. The predicted molar refractivity (Wildman–Crippen MR) is 60.4 cm³/mol. The third-order valence-corrected chi connectivity index (χ3v) is 4.10. The topological polar surface area (TPSA) is 15.3 Å². The second kappa shape index (κ2) is 4.19. The number of hydrogen-bond acceptors (Lipinski definition) is 2. The lowest BCUT2D eigenvalue weighted by molar-refractivity contribution is 0.0512. The Morgan fingerprint density at radius 1 is 1.00 bits per heavy atom. The molecule has 2 rings (SSSR count). The summed E-state index contributed by atoms with van der Waals surface area (Å²) in [6.07, 6.45) is 4.30. The van der Waals surface area contributed by atoms with Gasteiger partial charge in [0.15, 0.2) is 0 Å². The van der Waals surface area contributed by atoms with Crippen LogP contribution in [0.1, 0.15) is 40.0 Å². The number of piperazine rings is 1. The Labute approximate surface area is 88.1 Å². The number of rotatable bonds is 1. The van der Waals surface area contributed by atoms with E-state index in [4.69, 9.17) is 0 Å². The Bertz CT molecular complexity index is 183. The minimum atomic E-state index is 0.726. The van der Waals surface area contributed by atoms with E-state index in [1.807, 2.05) is 0 Å². The fourth-order valence-corrected chi connectivity index (χ4v) is 3.37. The van der Waals surface area contributed by atoms with Crippen molar-refractivity contribution in [2.45, 2.75) is 58.2 Å². The molecule has 1 heterocycles. The van der Waals surface area contributed by atoms with Gasteiger partial charge in [0.25, 0.3) is 0 Å². The van der Waals surface area contributed by atoms with E-state index in [-0.39, 0.29) is 0 Å². The van der Waals surface area contributed by atoms with Gasteiger partial charge in [0.05, 0.1) is 0 Å². The maximum absolute atomic E-state index is 3.51. The van der Waals surface area contributed by atoms with Gasteiger partial charge in [0.2, 0.25) is 0 Å². The monoisotopic (exact) mass is 196 g/mol. The smallest absolute Gasteiger partial charge is 0.0198 e. The van der Waals surface area contributed by atoms with Crippen molar-refractivity contribution in [1.29, 1.82) is 0 Å². The van der Waals surface area contributed by atoms with E-state index in [0.29, 0.717) is 0 Å². The van der Waals surface area contributed by atoms with Gasteiger partial charge in [-0.05, 0) is 32.6 Å². The van der Waals surface area contributed by atoms with Gasteiger partial charge in [-0.3, -0.25) is 4.90 Å². The van der Waals surface area contributed by atoms with E-state index < -0.39 is 0 Å². The minimum Gasteiger partial charge on any atom is -0.314 e. The van der Waals surface area contributed by atoms with Gasteiger partial charge in [-0.25, -0.2) is 0 Å². The predicted octanol–water partition coefficient (Wildman–Crippen LogP) is 1.86. The van der Waals surface area contributed by atoms with Gasteiger partial charge >= 0.3 is 0 Å². The highest BCUT2D eigenvalue weighted by Gasteiger charge is 2.35. The van der Waals surface area contributed by atoms with Gasteiger partial charge < -0.3 is 5.32 Å². The van der Waals surface area contributed by atoms with Crippen molar-refractivity contribution >= 4 is 0 Å². The van der Waals surface area contributed by atoms with Crippen LogP contribution in [0.4, 0.5) is 0 Å². The molecule has 1 aliphatic carbocycles. The van der Waals surface area contributed by atoms with Crippen molar-refractivity contribution in [3.05, 3.63) is 0 Å². The molecule has 2 unspecified atom stereocenters. The molecular formula is C12H24N2. The van der Waals surface area contributed by atoms with Crippen LogP contribution in [0.15, 0.2) is 0 Å². The second-order valence-electron chi connectivity index (χ2n) is 5.28. The lowest BCUT2D eigenvalue weighted by atomic mass is 9.99. The molecule has 1 saturated heterocycles. The van der Waals surface area contributed by atoms with Crippen molar-refractivity contribution in [2.24, 2.45) is 5.92 Å². The molecule has 0 radical (unpaired) electrons. The highest BCUT2D eigenvalue weighted by Crippen LogP contribution is 2.32. The number of nitrogens with zero attached hydrogens (tertiary/aromatic N) is 1. The zero-order valence-corrected chi connectivity index (χ0v) is 9.79. The first kappa shape index (κ1) is 10.4. The fourth-order valence-electron chi connectivity index (χ4n) is 3.37. The molecule has 1 saturated carbocycles. The summed E-state index contributed by atoms with van der Waals surface area (Å²) in [4.78, 5) is 2.77. The molecule has 2 fully saturated rings. The van der Waals surface area contributed by atoms with Crippen LogP contribution in [-0.2, 0) is 0 Å². The van der Waals surface area contributed by atoms with Crippen LogP contribution in [0.3, 0.4) is 0 Å². The first-order valence-corrected chi connectivity index (χ1v) is 6.18. The minimum absolute atomic E-state index is 0.726. The third-order valence-electron chi connectivity index (χ3n) is 4.10. The van der Waals surface area contributed by atoms with Crippen molar-refractivity contribution in [2.75, 3.05) is 13.1 Å². The second-order valence-corrected chi connectivity index (χ2v) is 5.28. The van der Waals surface area contributed by atoms with E-state index in [9.17, 15) is 0 Å². The zero-order chi connectivity index (χ0) is 10.1. The average Bonchev–Trinajstić information content (AvgIpc) is 2.52. The zero-order valence-electron chi connectivity index (χ0n) is 9.79. The Kier molecular flexibility index (Phi) is 3.13. The lowest BCUT2D eigenvalue weighted by Gasteiger charge is -2.45. The molecule has 1 aliphatic heterocycles. The Morgan fingerprint density at radius 3 is 2.14 bits per heavy atom. The fraction of sp³-hybridized carbons (Fsp3) is 1.00. The van der Waals surface area contributed by atoms with Gasteiger partial charge in [-0.1, -0.05) is 13.3 Å². The molecule has 2 aliphatic rings. The number of hydrogen-bond donors (Lipinski definition) is 1. The molecule has 1 N–H and O–H groups in total. The lowest BCUT2D eigenvalue weighted by Crippen LogP contribution is -2.59. The normalized spacial score (nSPS) is 45.6. The number of nitrogens with one attached hydrogen (secondary N) is 1. The summed E-state index contributed by atoms with van der Waals surface area (Å²) in [5.41, 5.74) is 0. The van der Waals surface area contributed by atoms with Crippen LogP contribution >= 0.6 is 0 Å². The van der Waals surface area contributed by atoms with Crippen LogP contribution in [0.5, 0.6) is 0 Å².